The summed E-state index contributed by atoms with van der Waals surface area (Å²) in [6.45, 7) is 1.37. The highest BCUT2D eigenvalue weighted by atomic mass is 35.5. The maximum absolute atomic E-state index is 11.9. The van der Waals surface area contributed by atoms with Crippen molar-refractivity contribution in [2.75, 3.05) is 24.2 Å². The molecule has 128 valence electrons. The Labute approximate surface area is 153 Å². The third-order valence-electron chi connectivity index (χ3n) is 3.40. The number of aromatic nitrogens is 2. The molecule has 1 amide bonds. The van der Waals surface area contributed by atoms with Crippen molar-refractivity contribution in [3.8, 4) is 0 Å². The third kappa shape index (κ3) is 5.07. The molecule has 3 rings (SSSR count). The maximum atomic E-state index is 11.9. The van der Waals surface area contributed by atoms with Gasteiger partial charge in [0.1, 0.15) is 0 Å². The lowest BCUT2D eigenvalue weighted by molar-refractivity contribution is -0.119. The van der Waals surface area contributed by atoms with Crippen molar-refractivity contribution in [1.82, 2.24) is 15.5 Å². The van der Waals surface area contributed by atoms with Gasteiger partial charge < -0.3 is 15.4 Å². The van der Waals surface area contributed by atoms with Crippen molar-refractivity contribution in [1.29, 1.82) is 0 Å². The quantitative estimate of drug-likeness (QED) is 0.713. The van der Waals surface area contributed by atoms with Crippen LogP contribution in [0.25, 0.3) is 0 Å². The van der Waals surface area contributed by atoms with Gasteiger partial charge in [-0.2, -0.15) is 0 Å². The van der Waals surface area contributed by atoms with Gasteiger partial charge in [-0.25, -0.2) is 0 Å². The number of anilines is 2. The summed E-state index contributed by atoms with van der Waals surface area (Å²) in [6, 6.07) is 7.43. The predicted octanol–water partition coefficient (Wildman–Crippen LogP) is 3.32. The van der Waals surface area contributed by atoms with Crippen LogP contribution < -0.4 is 10.6 Å². The highest BCUT2D eigenvalue weighted by Crippen LogP contribution is 2.30. The number of amides is 1. The van der Waals surface area contributed by atoms with Crippen molar-refractivity contribution in [3.05, 3.63) is 29.3 Å². The normalized spacial score (nSPS) is 17.0. The number of thioether (sulfide) groups is 1. The zero-order valence-corrected chi connectivity index (χ0v) is 15.2. The summed E-state index contributed by atoms with van der Waals surface area (Å²) in [4.78, 5) is 11.9. The van der Waals surface area contributed by atoms with Crippen molar-refractivity contribution in [2.24, 2.45) is 0 Å². The molecule has 1 aliphatic heterocycles. The van der Waals surface area contributed by atoms with Crippen LogP contribution >= 0.6 is 34.7 Å². The van der Waals surface area contributed by atoms with Crippen LogP contribution in [0, 0.1) is 0 Å². The fourth-order valence-electron chi connectivity index (χ4n) is 2.21. The SMILES string of the molecule is O=C(CSc1nnc(Nc2ccccc2Cl)s1)NC[C@@H]1CCCO1. The first-order valence-corrected chi connectivity index (χ1v) is 9.75. The van der Waals surface area contributed by atoms with Gasteiger partial charge in [-0.15, -0.1) is 10.2 Å². The number of para-hydroxylation sites is 1. The Morgan fingerprint density at radius 3 is 3.08 bits per heavy atom. The molecule has 2 N–H and O–H groups in total. The number of benzene rings is 1. The van der Waals surface area contributed by atoms with Crippen LogP contribution in [-0.4, -0.2) is 41.1 Å². The average Bonchev–Trinajstić information content (AvgIpc) is 3.25. The number of halogens is 1. The van der Waals surface area contributed by atoms with E-state index in [9.17, 15) is 4.79 Å². The van der Waals surface area contributed by atoms with E-state index in [4.69, 9.17) is 16.3 Å². The molecular formula is C15H17ClN4O2S2. The lowest BCUT2D eigenvalue weighted by atomic mass is 10.2. The second-order valence-corrected chi connectivity index (χ2v) is 7.81. The smallest absolute Gasteiger partial charge is 0.230 e. The zero-order chi connectivity index (χ0) is 16.8. The summed E-state index contributed by atoms with van der Waals surface area (Å²) >= 11 is 8.85. The van der Waals surface area contributed by atoms with E-state index in [1.54, 1.807) is 6.07 Å². The first-order chi connectivity index (χ1) is 11.7. The van der Waals surface area contributed by atoms with Gasteiger partial charge in [0.25, 0.3) is 0 Å². The number of nitrogens with zero attached hydrogens (tertiary/aromatic N) is 2. The average molecular weight is 385 g/mol. The molecule has 24 heavy (non-hydrogen) atoms. The van der Waals surface area contributed by atoms with Crippen LogP contribution in [0.4, 0.5) is 10.8 Å². The van der Waals surface area contributed by atoms with E-state index < -0.39 is 0 Å². The highest BCUT2D eigenvalue weighted by Gasteiger charge is 2.16. The van der Waals surface area contributed by atoms with E-state index in [0.717, 1.165) is 29.5 Å². The number of nitrogens with one attached hydrogen (secondary N) is 2. The number of ether oxygens (including phenoxy) is 1. The molecule has 1 aromatic carbocycles. The minimum atomic E-state index is -0.0219. The summed E-state index contributed by atoms with van der Waals surface area (Å²) < 4.78 is 6.21. The van der Waals surface area contributed by atoms with E-state index in [1.807, 2.05) is 18.2 Å². The monoisotopic (exact) mass is 384 g/mol. The van der Waals surface area contributed by atoms with E-state index in [2.05, 4.69) is 20.8 Å². The van der Waals surface area contributed by atoms with Crippen molar-refractivity contribution >= 4 is 51.4 Å². The van der Waals surface area contributed by atoms with Gasteiger partial charge >= 0.3 is 0 Å². The fourth-order valence-corrected chi connectivity index (χ4v) is 3.98. The number of carbonyl (C=O) groups is 1. The van der Waals surface area contributed by atoms with Gasteiger partial charge in [0.15, 0.2) is 4.34 Å². The molecule has 1 aromatic heterocycles. The molecule has 0 saturated carbocycles. The molecule has 0 spiro atoms. The van der Waals surface area contributed by atoms with Crippen LogP contribution in [0.15, 0.2) is 28.6 Å². The number of rotatable bonds is 7. The molecule has 2 aromatic rings. The van der Waals surface area contributed by atoms with Crippen molar-refractivity contribution in [3.63, 3.8) is 0 Å². The number of hydrogen-bond acceptors (Lipinski definition) is 7. The van der Waals surface area contributed by atoms with Crippen LogP contribution in [0.3, 0.4) is 0 Å². The van der Waals surface area contributed by atoms with E-state index in [-0.39, 0.29) is 12.0 Å². The fraction of sp³-hybridized carbons (Fsp3) is 0.400. The molecule has 0 radical (unpaired) electrons. The zero-order valence-electron chi connectivity index (χ0n) is 12.8. The molecule has 1 fully saturated rings. The van der Waals surface area contributed by atoms with Gasteiger partial charge in [-0.1, -0.05) is 46.8 Å². The first-order valence-electron chi connectivity index (χ1n) is 7.57. The Morgan fingerprint density at radius 1 is 1.42 bits per heavy atom. The molecule has 1 aliphatic rings. The Bertz CT molecular complexity index is 692. The lowest BCUT2D eigenvalue weighted by Gasteiger charge is -2.09. The van der Waals surface area contributed by atoms with Gasteiger partial charge in [0, 0.05) is 13.2 Å². The Morgan fingerprint density at radius 2 is 2.29 bits per heavy atom. The second kappa shape index (κ2) is 8.66. The molecule has 0 unspecified atom stereocenters. The summed E-state index contributed by atoms with van der Waals surface area (Å²) in [5.74, 6) is 0.291. The largest absolute Gasteiger partial charge is 0.376 e. The molecule has 0 aliphatic carbocycles. The van der Waals surface area contributed by atoms with Gasteiger partial charge in [0.05, 0.1) is 22.6 Å². The number of carbonyl (C=O) groups excluding carboxylic acids is 1. The number of hydrogen-bond donors (Lipinski definition) is 2. The second-order valence-electron chi connectivity index (χ2n) is 5.21. The lowest BCUT2D eigenvalue weighted by Crippen LogP contribution is -2.32. The van der Waals surface area contributed by atoms with Crippen LogP contribution in [0.1, 0.15) is 12.8 Å². The summed E-state index contributed by atoms with van der Waals surface area (Å²) in [5.41, 5.74) is 0.779. The topological polar surface area (TPSA) is 76.1 Å². The Kier molecular flexibility index (Phi) is 6.30. The van der Waals surface area contributed by atoms with Gasteiger partial charge in [-0.3, -0.25) is 4.79 Å². The third-order valence-corrected chi connectivity index (χ3v) is 5.70. The van der Waals surface area contributed by atoms with Crippen molar-refractivity contribution < 1.29 is 9.53 Å². The minimum absolute atomic E-state index is 0.0219. The summed E-state index contributed by atoms with van der Waals surface area (Å²) in [6.07, 6.45) is 2.24. The van der Waals surface area contributed by atoms with Crippen LogP contribution in [0.2, 0.25) is 5.02 Å². The molecular weight excluding hydrogens is 368 g/mol. The highest BCUT2D eigenvalue weighted by molar-refractivity contribution is 8.01. The van der Waals surface area contributed by atoms with E-state index in [0.29, 0.717) is 22.5 Å². The maximum Gasteiger partial charge on any atom is 0.230 e. The molecule has 6 nitrogen and oxygen atoms in total. The Balaban J connectivity index is 1.44. The van der Waals surface area contributed by atoms with Gasteiger partial charge in [-0.05, 0) is 25.0 Å². The standard InChI is InChI=1S/C15H17ClN4O2S2/c16-11-5-1-2-6-12(11)18-14-19-20-15(24-14)23-9-13(21)17-8-10-4-3-7-22-10/h1-2,5-6,10H,3-4,7-9H2,(H,17,21)(H,18,19)/t10-/m0/s1. The summed E-state index contributed by atoms with van der Waals surface area (Å²) in [7, 11) is 0. The van der Waals surface area contributed by atoms with E-state index in [1.165, 1.54) is 23.1 Å². The van der Waals surface area contributed by atoms with Crippen LogP contribution in [0.5, 0.6) is 0 Å². The molecule has 2 heterocycles. The summed E-state index contributed by atoms with van der Waals surface area (Å²) in [5, 5.41) is 15.4. The molecule has 9 heteroatoms. The molecule has 0 bridgehead atoms. The van der Waals surface area contributed by atoms with Crippen molar-refractivity contribution in [2.45, 2.75) is 23.3 Å². The predicted molar refractivity (Wildman–Crippen MR) is 97.4 cm³/mol. The van der Waals surface area contributed by atoms with Gasteiger partial charge in [0.2, 0.25) is 11.0 Å². The first kappa shape index (κ1) is 17.5. The van der Waals surface area contributed by atoms with Crippen LogP contribution in [-0.2, 0) is 9.53 Å². The Hall–Kier alpha value is -1.35. The molecule has 1 atom stereocenters. The minimum Gasteiger partial charge on any atom is -0.376 e. The molecule has 1 saturated heterocycles. The van der Waals surface area contributed by atoms with E-state index >= 15 is 0 Å².